The maximum absolute atomic E-state index is 4.58. The summed E-state index contributed by atoms with van der Waals surface area (Å²) in [6.45, 7) is 2.03. The molecule has 0 fully saturated rings. The summed E-state index contributed by atoms with van der Waals surface area (Å²) in [7, 11) is 0. The second-order valence-electron chi connectivity index (χ2n) is 5.80. The number of para-hydroxylation sites is 1. The van der Waals surface area contributed by atoms with Gasteiger partial charge < -0.3 is 5.32 Å². The highest BCUT2D eigenvalue weighted by molar-refractivity contribution is 5.79. The molecule has 1 N–H and O–H groups in total. The highest BCUT2D eigenvalue weighted by Crippen LogP contribution is 2.33. The number of aryl methyl sites for hydroxylation is 2. The topological polar surface area (TPSA) is 24.9 Å². The summed E-state index contributed by atoms with van der Waals surface area (Å²) in [4.78, 5) is 4.58. The van der Waals surface area contributed by atoms with Crippen molar-refractivity contribution in [1.82, 2.24) is 4.98 Å². The normalized spacial score (nSPS) is 17.3. The molecule has 0 saturated heterocycles. The number of pyridine rings is 1. The first-order valence-electron chi connectivity index (χ1n) is 7.51. The number of rotatable bonds is 1. The Kier molecular flexibility index (Phi) is 2.88. The number of hydrogen-bond acceptors (Lipinski definition) is 2. The maximum Gasteiger partial charge on any atom is 0.0705 e. The molecular formula is C19H18N2. The van der Waals surface area contributed by atoms with E-state index in [9.17, 15) is 0 Å². The number of aromatic nitrogens is 1. The van der Waals surface area contributed by atoms with Crippen LogP contribution in [0.5, 0.6) is 0 Å². The van der Waals surface area contributed by atoms with Crippen molar-refractivity contribution in [3.8, 4) is 0 Å². The average Bonchev–Trinajstić information content (AvgIpc) is 2.54. The minimum absolute atomic E-state index is 0.394. The molecule has 0 radical (unpaired) electrons. The van der Waals surface area contributed by atoms with Crippen LogP contribution in [-0.2, 0) is 6.42 Å². The number of nitrogens with one attached hydrogen (secondary N) is 1. The molecule has 0 spiro atoms. The molecule has 0 amide bonds. The third kappa shape index (κ3) is 2.27. The van der Waals surface area contributed by atoms with Gasteiger partial charge in [-0.2, -0.15) is 0 Å². The van der Waals surface area contributed by atoms with Crippen molar-refractivity contribution < 1.29 is 0 Å². The Morgan fingerprint density at radius 2 is 1.95 bits per heavy atom. The van der Waals surface area contributed by atoms with Gasteiger partial charge in [-0.05, 0) is 55.2 Å². The molecule has 21 heavy (non-hydrogen) atoms. The molecule has 2 aromatic carbocycles. The number of nitrogens with zero attached hydrogens (tertiary/aromatic N) is 1. The number of hydrogen-bond donors (Lipinski definition) is 1. The van der Waals surface area contributed by atoms with E-state index in [2.05, 4.69) is 64.9 Å². The molecule has 1 unspecified atom stereocenters. The quantitative estimate of drug-likeness (QED) is 0.699. The largest absolute Gasteiger partial charge is 0.378 e. The molecule has 0 bridgehead atoms. The van der Waals surface area contributed by atoms with Crippen molar-refractivity contribution in [2.24, 2.45) is 0 Å². The summed E-state index contributed by atoms with van der Waals surface area (Å²) in [6, 6.07) is 19.9. The third-order valence-corrected chi connectivity index (χ3v) is 4.30. The van der Waals surface area contributed by atoms with Gasteiger partial charge >= 0.3 is 0 Å². The maximum atomic E-state index is 4.58. The van der Waals surface area contributed by atoms with Gasteiger partial charge in [-0.1, -0.05) is 30.3 Å². The Balaban J connectivity index is 1.70. The lowest BCUT2D eigenvalue weighted by atomic mass is 9.93. The molecule has 2 heterocycles. The van der Waals surface area contributed by atoms with E-state index < -0.39 is 0 Å². The predicted octanol–water partition coefficient (Wildman–Crippen LogP) is 4.64. The zero-order valence-corrected chi connectivity index (χ0v) is 12.1. The smallest absolute Gasteiger partial charge is 0.0705 e. The summed E-state index contributed by atoms with van der Waals surface area (Å²) >= 11 is 0. The van der Waals surface area contributed by atoms with Crippen molar-refractivity contribution in [1.29, 1.82) is 0 Å². The third-order valence-electron chi connectivity index (χ3n) is 4.30. The van der Waals surface area contributed by atoms with Gasteiger partial charge in [0.15, 0.2) is 0 Å². The van der Waals surface area contributed by atoms with Gasteiger partial charge in [-0.3, -0.25) is 4.98 Å². The SMILES string of the molecule is Cc1ccc2cc(C3CCc4ccccc4N3)ccc2n1. The van der Waals surface area contributed by atoms with E-state index in [0.29, 0.717) is 6.04 Å². The van der Waals surface area contributed by atoms with Crippen molar-refractivity contribution in [2.45, 2.75) is 25.8 Å². The molecule has 2 nitrogen and oxygen atoms in total. The van der Waals surface area contributed by atoms with Crippen molar-refractivity contribution >= 4 is 16.6 Å². The molecule has 104 valence electrons. The Morgan fingerprint density at radius 1 is 1.05 bits per heavy atom. The van der Waals surface area contributed by atoms with Crippen LogP contribution in [0.1, 0.15) is 29.3 Å². The molecule has 1 aliphatic heterocycles. The van der Waals surface area contributed by atoms with Crippen LogP contribution in [0.25, 0.3) is 10.9 Å². The fourth-order valence-electron chi connectivity index (χ4n) is 3.15. The van der Waals surface area contributed by atoms with Crippen LogP contribution in [0.4, 0.5) is 5.69 Å². The standard InChI is InChI=1S/C19H18N2/c1-13-6-7-15-12-16(9-11-18(15)20-13)19-10-8-14-4-2-3-5-17(14)21-19/h2-7,9,11-12,19,21H,8,10H2,1H3. The lowest BCUT2D eigenvalue weighted by Gasteiger charge is -2.27. The van der Waals surface area contributed by atoms with E-state index in [1.54, 1.807) is 0 Å². The zero-order chi connectivity index (χ0) is 14.2. The molecule has 2 heteroatoms. The van der Waals surface area contributed by atoms with Gasteiger partial charge in [-0.15, -0.1) is 0 Å². The highest BCUT2D eigenvalue weighted by atomic mass is 14.9. The van der Waals surface area contributed by atoms with Gasteiger partial charge in [0.1, 0.15) is 0 Å². The van der Waals surface area contributed by atoms with Crippen LogP contribution in [0.15, 0.2) is 54.6 Å². The molecular weight excluding hydrogens is 256 g/mol. The Morgan fingerprint density at radius 3 is 2.90 bits per heavy atom. The molecule has 0 saturated carbocycles. The van der Waals surface area contributed by atoms with E-state index >= 15 is 0 Å². The summed E-state index contributed by atoms with van der Waals surface area (Å²) in [5.74, 6) is 0. The minimum Gasteiger partial charge on any atom is -0.378 e. The molecule has 0 aliphatic carbocycles. The Bertz CT molecular complexity index is 808. The predicted molar refractivity (Wildman–Crippen MR) is 87.6 cm³/mol. The summed E-state index contributed by atoms with van der Waals surface area (Å²) < 4.78 is 0. The van der Waals surface area contributed by atoms with E-state index in [4.69, 9.17) is 0 Å². The molecule has 3 aromatic rings. The van der Waals surface area contributed by atoms with Gasteiger partial charge in [0.2, 0.25) is 0 Å². The van der Waals surface area contributed by atoms with Crippen molar-refractivity contribution in [3.63, 3.8) is 0 Å². The van der Waals surface area contributed by atoms with E-state index in [0.717, 1.165) is 24.1 Å². The lowest BCUT2D eigenvalue weighted by Crippen LogP contribution is -2.17. The number of anilines is 1. The fraction of sp³-hybridized carbons (Fsp3) is 0.211. The summed E-state index contributed by atoms with van der Waals surface area (Å²) in [5.41, 5.74) is 6.19. The molecule has 1 aromatic heterocycles. The van der Waals surface area contributed by atoms with Crippen LogP contribution in [0, 0.1) is 6.92 Å². The van der Waals surface area contributed by atoms with Crippen LogP contribution < -0.4 is 5.32 Å². The second-order valence-corrected chi connectivity index (χ2v) is 5.80. The summed E-state index contributed by atoms with van der Waals surface area (Å²) in [5, 5.41) is 4.89. The monoisotopic (exact) mass is 274 g/mol. The van der Waals surface area contributed by atoms with Crippen LogP contribution in [0.2, 0.25) is 0 Å². The first kappa shape index (κ1) is 12.4. The molecule has 1 atom stereocenters. The molecule has 1 aliphatic rings. The van der Waals surface area contributed by atoms with Gasteiger partial charge in [-0.25, -0.2) is 0 Å². The second kappa shape index (κ2) is 4.88. The highest BCUT2D eigenvalue weighted by Gasteiger charge is 2.18. The van der Waals surface area contributed by atoms with E-state index in [1.165, 1.54) is 22.2 Å². The zero-order valence-electron chi connectivity index (χ0n) is 12.1. The first-order valence-corrected chi connectivity index (χ1v) is 7.51. The fourth-order valence-corrected chi connectivity index (χ4v) is 3.15. The van der Waals surface area contributed by atoms with Gasteiger partial charge in [0.25, 0.3) is 0 Å². The number of fused-ring (bicyclic) bond motifs is 2. The van der Waals surface area contributed by atoms with E-state index in [-0.39, 0.29) is 0 Å². The van der Waals surface area contributed by atoms with Crippen LogP contribution in [-0.4, -0.2) is 4.98 Å². The average molecular weight is 274 g/mol. The van der Waals surface area contributed by atoms with E-state index in [1.807, 2.05) is 6.92 Å². The van der Waals surface area contributed by atoms with Crippen LogP contribution in [0.3, 0.4) is 0 Å². The van der Waals surface area contributed by atoms with Crippen LogP contribution >= 0.6 is 0 Å². The van der Waals surface area contributed by atoms with Crippen molar-refractivity contribution in [2.75, 3.05) is 5.32 Å². The molecule has 4 rings (SSSR count). The van der Waals surface area contributed by atoms with Gasteiger partial charge in [0.05, 0.1) is 11.6 Å². The first-order chi connectivity index (χ1) is 10.3. The van der Waals surface area contributed by atoms with Gasteiger partial charge in [0, 0.05) is 16.8 Å². The Hall–Kier alpha value is -2.35. The number of benzene rings is 2. The Labute approximate surface area is 124 Å². The van der Waals surface area contributed by atoms with Crippen molar-refractivity contribution in [3.05, 3.63) is 71.4 Å². The minimum atomic E-state index is 0.394. The summed E-state index contributed by atoms with van der Waals surface area (Å²) in [6.07, 6.45) is 2.28. The lowest BCUT2D eigenvalue weighted by molar-refractivity contribution is 0.668.